The van der Waals surface area contributed by atoms with Crippen LogP contribution in [-0.2, 0) is 4.74 Å². The highest BCUT2D eigenvalue weighted by Crippen LogP contribution is 2.10. The van der Waals surface area contributed by atoms with E-state index in [0.29, 0.717) is 13.1 Å². The van der Waals surface area contributed by atoms with Crippen molar-refractivity contribution in [1.29, 1.82) is 0 Å². The van der Waals surface area contributed by atoms with Gasteiger partial charge in [0.1, 0.15) is 0 Å². The van der Waals surface area contributed by atoms with Crippen molar-refractivity contribution in [3.8, 4) is 0 Å². The Hall–Kier alpha value is -0.770. The van der Waals surface area contributed by atoms with Gasteiger partial charge in [-0.3, -0.25) is 0 Å². The van der Waals surface area contributed by atoms with Crippen molar-refractivity contribution in [3.05, 3.63) is 0 Å². The Bertz CT molecular complexity index is 144. The van der Waals surface area contributed by atoms with Crippen LogP contribution in [0.5, 0.6) is 0 Å². The largest absolute Gasteiger partial charge is 0.376 e. The molecule has 1 fully saturated rings. The van der Waals surface area contributed by atoms with E-state index in [0.717, 1.165) is 19.4 Å². The van der Waals surface area contributed by atoms with Crippen LogP contribution in [0.15, 0.2) is 0 Å². The van der Waals surface area contributed by atoms with Crippen molar-refractivity contribution >= 4 is 6.03 Å². The summed E-state index contributed by atoms with van der Waals surface area (Å²) in [5.41, 5.74) is 0. The molecule has 4 nitrogen and oxygen atoms in total. The fourth-order valence-corrected chi connectivity index (χ4v) is 1.23. The van der Waals surface area contributed by atoms with E-state index in [-0.39, 0.29) is 12.1 Å². The van der Waals surface area contributed by atoms with E-state index >= 15 is 0 Å². The van der Waals surface area contributed by atoms with E-state index in [4.69, 9.17) is 4.74 Å². The molecule has 1 aliphatic heterocycles. The summed E-state index contributed by atoms with van der Waals surface area (Å²) in [6.45, 7) is 4.02. The quantitative estimate of drug-likeness (QED) is 0.650. The fraction of sp³-hybridized carbons (Fsp3) is 0.875. The molecule has 1 atom stereocenters. The number of amides is 2. The van der Waals surface area contributed by atoms with Gasteiger partial charge < -0.3 is 15.4 Å². The minimum atomic E-state index is -0.104. The molecule has 0 saturated carbocycles. The molecular formula is C8H16N2O2. The molecular weight excluding hydrogens is 156 g/mol. The van der Waals surface area contributed by atoms with Crippen molar-refractivity contribution in [2.75, 3.05) is 19.7 Å². The van der Waals surface area contributed by atoms with Crippen LogP contribution in [0.1, 0.15) is 19.8 Å². The second kappa shape index (κ2) is 4.98. The predicted molar refractivity (Wildman–Crippen MR) is 46.0 cm³/mol. The van der Waals surface area contributed by atoms with Crippen LogP contribution in [0, 0.1) is 0 Å². The van der Waals surface area contributed by atoms with Crippen molar-refractivity contribution < 1.29 is 9.53 Å². The first-order valence-electron chi connectivity index (χ1n) is 4.46. The van der Waals surface area contributed by atoms with Gasteiger partial charge in [0.2, 0.25) is 0 Å². The zero-order valence-electron chi connectivity index (χ0n) is 7.43. The summed E-state index contributed by atoms with van der Waals surface area (Å²) in [5, 5.41) is 5.41. The highest BCUT2D eigenvalue weighted by atomic mass is 16.5. The maximum absolute atomic E-state index is 10.9. The molecule has 4 heteroatoms. The third kappa shape index (κ3) is 3.09. The number of nitrogens with one attached hydrogen (secondary N) is 2. The lowest BCUT2D eigenvalue weighted by atomic mass is 10.2. The molecule has 0 aromatic rings. The molecule has 0 spiro atoms. The van der Waals surface area contributed by atoms with Crippen molar-refractivity contribution in [2.24, 2.45) is 0 Å². The van der Waals surface area contributed by atoms with E-state index in [1.807, 2.05) is 6.92 Å². The Kier molecular flexibility index (Phi) is 3.87. The molecule has 2 N–H and O–H groups in total. The molecule has 1 aliphatic rings. The molecule has 0 aliphatic carbocycles. The Morgan fingerprint density at radius 3 is 3.00 bits per heavy atom. The monoisotopic (exact) mass is 172 g/mol. The first-order chi connectivity index (χ1) is 5.83. The van der Waals surface area contributed by atoms with Crippen LogP contribution in [0.3, 0.4) is 0 Å². The van der Waals surface area contributed by atoms with E-state index in [1.165, 1.54) is 0 Å². The summed E-state index contributed by atoms with van der Waals surface area (Å²) < 4.78 is 5.34. The fourth-order valence-electron chi connectivity index (χ4n) is 1.23. The van der Waals surface area contributed by atoms with Crippen LogP contribution in [-0.4, -0.2) is 31.8 Å². The summed E-state index contributed by atoms with van der Waals surface area (Å²) >= 11 is 0. The average molecular weight is 172 g/mol. The first kappa shape index (κ1) is 9.32. The number of rotatable bonds is 3. The molecule has 1 saturated heterocycles. The SMILES string of the molecule is CCNC(=O)NCC1CCCO1. The van der Waals surface area contributed by atoms with Crippen LogP contribution in [0.4, 0.5) is 4.79 Å². The van der Waals surface area contributed by atoms with E-state index < -0.39 is 0 Å². The molecule has 0 aromatic heterocycles. The molecule has 0 radical (unpaired) electrons. The highest BCUT2D eigenvalue weighted by Gasteiger charge is 2.15. The molecule has 70 valence electrons. The number of hydrogen-bond acceptors (Lipinski definition) is 2. The number of hydrogen-bond donors (Lipinski definition) is 2. The van der Waals surface area contributed by atoms with Gasteiger partial charge >= 0.3 is 6.03 Å². The third-order valence-electron chi connectivity index (χ3n) is 1.85. The lowest BCUT2D eigenvalue weighted by Crippen LogP contribution is -2.39. The second-order valence-corrected chi connectivity index (χ2v) is 2.88. The molecule has 1 heterocycles. The van der Waals surface area contributed by atoms with Crippen LogP contribution in [0.25, 0.3) is 0 Å². The van der Waals surface area contributed by atoms with E-state index in [1.54, 1.807) is 0 Å². The summed E-state index contributed by atoms with van der Waals surface area (Å²) in [6.07, 6.45) is 2.40. The second-order valence-electron chi connectivity index (χ2n) is 2.88. The van der Waals surface area contributed by atoms with Gasteiger partial charge in [0.25, 0.3) is 0 Å². The average Bonchev–Trinajstić information content (AvgIpc) is 2.53. The zero-order chi connectivity index (χ0) is 8.81. The van der Waals surface area contributed by atoms with Crippen LogP contribution < -0.4 is 10.6 Å². The predicted octanol–water partition coefficient (Wildman–Crippen LogP) is 0.484. The lowest BCUT2D eigenvalue weighted by molar-refractivity contribution is 0.111. The third-order valence-corrected chi connectivity index (χ3v) is 1.85. The van der Waals surface area contributed by atoms with Gasteiger partial charge in [-0.2, -0.15) is 0 Å². The number of carbonyl (C=O) groups is 1. The van der Waals surface area contributed by atoms with Crippen molar-refractivity contribution in [3.63, 3.8) is 0 Å². The number of urea groups is 1. The van der Waals surface area contributed by atoms with Gasteiger partial charge in [0, 0.05) is 19.7 Å². The molecule has 1 unspecified atom stereocenters. The Labute approximate surface area is 72.7 Å². The van der Waals surface area contributed by atoms with E-state index in [2.05, 4.69) is 10.6 Å². The summed E-state index contributed by atoms with van der Waals surface area (Å²) in [7, 11) is 0. The maximum Gasteiger partial charge on any atom is 0.314 e. The number of ether oxygens (including phenoxy) is 1. The number of carbonyl (C=O) groups excluding carboxylic acids is 1. The minimum Gasteiger partial charge on any atom is -0.376 e. The summed E-state index contributed by atoms with van der Waals surface area (Å²) in [6, 6.07) is -0.104. The molecule has 0 bridgehead atoms. The normalized spacial score (nSPS) is 22.2. The van der Waals surface area contributed by atoms with Gasteiger partial charge in [-0.1, -0.05) is 0 Å². The lowest BCUT2D eigenvalue weighted by Gasteiger charge is -2.10. The molecule has 12 heavy (non-hydrogen) atoms. The first-order valence-corrected chi connectivity index (χ1v) is 4.46. The van der Waals surface area contributed by atoms with Gasteiger partial charge in [-0.25, -0.2) is 4.79 Å². The van der Waals surface area contributed by atoms with Crippen LogP contribution >= 0.6 is 0 Å². The molecule has 2 amide bonds. The standard InChI is InChI=1S/C8H16N2O2/c1-2-9-8(11)10-6-7-4-3-5-12-7/h7H,2-6H2,1H3,(H2,9,10,11). The van der Waals surface area contributed by atoms with Gasteiger partial charge in [-0.05, 0) is 19.8 Å². The van der Waals surface area contributed by atoms with Crippen LogP contribution in [0.2, 0.25) is 0 Å². The zero-order valence-corrected chi connectivity index (χ0v) is 7.43. The van der Waals surface area contributed by atoms with E-state index in [9.17, 15) is 4.79 Å². The topological polar surface area (TPSA) is 50.4 Å². The minimum absolute atomic E-state index is 0.104. The Morgan fingerprint density at radius 1 is 1.58 bits per heavy atom. The summed E-state index contributed by atoms with van der Waals surface area (Å²) in [5.74, 6) is 0. The Morgan fingerprint density at radius 2 is 2.42 bits per heavy atom. The van der Waals surface area contributed by atoms with Gasteiger partial charge in [0.05, 0.1) is 6.10 Å². The molecule has 1 rings (SSSR count). The van der Waals surface area contributed by atoms with Crippen molar-refractivity contribution in [2.45, 2.75) is 25.9 Å². The molecule has 0 aromatic carbocycles. The van der Waals surface area contributed by atoms with Gasteiger partial charge in [-0.15, -0.1) is 0 Å². The van der Waals surface area contributed by atoms with Crippen molar-refractivity contribution in [1.82, 2.24) is 10.6 Å². The van der Waals surface area contributed by atoms with Gasteiger partial charge in [0.15, 0.2) is 0 Å². The Balaban J connectivity index is 2.03. The smallest absolute Gasteiger partial charge is 0.314 e. The highest BCUT2D eigenvalue weighted by molar-refractivity contribution is 5.73. The maximum atomic E-state index is 10.9. The summed E-state index contributed by atoms with van der Waals surface area (Å²) in [4.78, 5) is 10.9.